The minimum Gasteiger partial charge on any atom is -0.467 e. The molecule has 0 bridgehead atoms. The van der Waals surface area contributed by atoms with Crippen molar-refractivity contribution in [1.82, 2.24) is 10.3 Å². The lowest BCUT2D eigenvalue weighted by Gasteiger charge is -2.23. The van der Waals surface area contributed by atoms with E-state index >= 15 is 0 Å². The first-order valence-electron chi connectivity index (χ1n) is 13.4. The van der Waals surface area contributed by atoms with Crippen molar-refractivity contribution in [3.05, 3.63) is 36.2 Å². The number of hydrogen-bond donors (Lipinski definition) is 2. The van der Waals surface area contributed by atoms with Crippen LogP contribution >= 0.6 is 0 Å². The van der Waals surface area contributed by atoms with E-state index in [4.69, 9.17) is 19.2 Å². The van der Waals surface area contributed by atoms with Crippen molar-refractivity contribution in [3.63, 3.8) is 0 Å². The molecule has 0 aliphatic carbocycles. The third kappa shape index (κ3) is 7.80. The molecule has 35 heavy (non-hydrogen) atoms. The molecule has 1 saturated heterocycles. The zero-order valence-electron chi connectivity index (χ0n) is 21.5. The molecule has 2 heterocycles. The van der Waals surface area contributed by atoms with Gasteiger partial charge in [-0.25, -0.2) is 9.78 Å². The van der Waals surface area contributed by atoms with Gasteiger partial charge < -0.3 is 24.5 Å². The highest BCUT2D eigenvalue weighted by atomic mass is 16.5. The maximum absolute atomic E-state index is 12.5. The minimum absolute atomic E-state index is 0.0279. The number of carbonyl (C=O) groups excluding carboxylic acids is 1. The van der Waals surface area contributed by atoms with E-state index in [9.17, 15) is 4.79 Å². The minimum atomic E-state index is -0.342. The number of aliphatic hydroxyl groups is 1. The molecule has 1 fully saturated rings. The van der Waals surface area contributed by atoms with Crippen LogP contribution in [0.5, 0.6) is 0 Å². The second-order valence-electron chi connectivity index (χ2n) is 9.44. The van der Waals surface area contributed by atoms with Crippen molar-refractivity contribution in [2.75, 3.05) is 31.7 Å². The molecule has 3 rings (SSSR count). The number of benzene rings is 1. The summed E-state index contributed by atoms with van der Waals surface area (Å²) in [6.07, 6.45) is 11.4. The molecular formula is C28H43N3O4. The van der Waals surface area contributed by atoms with Crippen LogP contribution in [-0.4, -0.2) is 48.9 Å². The summed E-state index contributed by atoms with van der Waals surface area (Å²) in [7, 11) is 1.44. The van der Waals surface area contributed by atoms with E-state index < -0.39 is 0 Å². The molecule has 0 unspecified atom stereocenters. The van der Waals surface area contributed by atoms with Crippen LogP contribution in [0.25, 0.3) is 11.3 Å². The van der Waals surface area contributed by atoms with Gasteiger partial charge in [-0.2, -0.15) is 0 Å². The van der Waals surface area contributed by atoms with Crippen molar-refractivity contribution >= 4 is 11.9 Å². The average Bonchev–Trinajstić information content (AvgIpc) is 3.55. The number of unbranched alkanes of at least 4 members (excludes halogenated alkanes) is 6. The third-order valence-corrected chi connectivity index (χ3v) is 6.78. The van der Waals surface area contributed by atoms with Gasteiger partial charge in [-0.15, -0.1) is 0 Å². The van der Waals surface area contributed by atoms with Gasteiger partial charge in [0.15, 0.2) is 0 Å². The largest absolute Gasteiger partial charge is 0.467 e. The number of aliphatic hydroxyl groups excluding tert-OH is 1. The molecule has 1 aromatic heterocycles. The number of oxazole rings is 1. The van der Waals surface area contributed by atoms with Crippen molar-refractivity contribution in [2.45, 2.75) is 89.6 Å². The lowest BCUT2D eigenvalue weighted by Crippen LogP contribution is -2.36. The van der Waals surface area contributed by atoms with Crippen LogP contribution in [0.15, 0.2) is 34.7 Å². The van der Waals surface area contributed by atoms with E-state index in [2.05, 4.69) is 12.2 Å². The summed E-state index contributed by atoms with van der Waals surface area (Å²) in [4.78, 5) is 19.5. The first-order chi connectivity index (χ1) is 17.2. The van der Waals surface area contributed by atoms with Gasteiger partial charge in [-0.1, -0.05) is 75.8 Å². The molecule has 194 valence electrons. The average molecular weight is 486 g/mol. The van der Waals surface area contributed by atoms with Gasteiger partial charge in [-0.05, 0) is 38.6 Å². The molecule has 2 aromatic rings. The fourth-order valence-electron chi connectivity index (χ4n) is 4.80. The Bertz CT molecular complexity index is 870. The van der Waals surface area contributed by atoms with Gasteiger partial charge >= 0.3 is 5.97 Å². The lowest BCUT2D eigenvalue weighted by atomic mass is 10.1. The Balaban J connectivity index is 1.85. The van der Waals surface area contributed by atoms with E-state index in [0.29, 0.717) is 11.8 Å². The standard InChI is InChI=1S/C28H43N3O4/c1-3-4-5-11-17-23(29-19-12-6-7-13-21-32)26-30-25(22-15-9-8-10-16-22)27(35-26)31-20-14-18-24(31)28(33)34-2/h8-10,15-16,23-24,29,32H,3-7,11-14,17-21H2,1-2H3/t23-,24+/m1/s1. The summed E-state index contributed by atoms with van der Waals surface area (Å²) < 4.78 is 11.6. The third-order valence-electron chi connectivity index (χ3n) is 6.78. The monoisotopic (exact) mass is 485 g/mol. The van der Waals surface area contributed by atoms with Gasteiger partial charge in [-0.3, -0.25) is 0 Å². The normalized spacial score (nSPS) is 16.5. The Morgan fingerprint density at radius 2 is 1.94 bits per heavy atom. The quantitative estimate of drug-likeness (QED) is 0.235. The fraction of sp³-hybridized carbons (Fsp3) is 0.643. The van der Waals surface area contributed by atoms with Crippen LogP contribution in [0.3, 0.4) is 0 Å². The summed E-state index contributed by atoms with van der Waals surface area (Å²) in [6.45, 7) is 4.12. The number of carbonyl (C=O) groups is 1. The molecule has 2 N–H and O–H groups in total. The summed E-state index contributed by atoms with van der Waals surface area (Å²) in [5, 5.41) is 12.7. The summed E-state index contributed by atoms with van der Waals surface area (Å²) >= 11 is 0. The predicted molar refractivity (Wildman–Crippen MR) is 139 cm³/mol. The van der Waals surface area contributed by atoms with Gasteiger partial charge in [0.05, 0.1) is 13.2 Å². The Labute approximate surface area is 210 Å². The molecule has 2 atom stereocenters. The zero-order valence-corrected chi connectivity index (χ0v) is 21.5. The van der Waals surface area contributed by atoms with Crippen LogP contribution in [0, 0.1) is 0 Å². The Morgan fingerprint density at radius 3 is 2.69 bits per heavy atom. The van der Waals surface area contributed by atoms with Crippen molar-refractivity contribution in [2.24, 2.45) is 0 Å². The fourth-order valence-corrected chi connectivity index (χ4v) is 4.80. The Kier molecular flexibility index (Phi) is 11.6. The summed E-state index contributed by atoms with van der Waals surface area (Å²) in [6, 6.07) is 9.76. The van der Waals surface area contributed by atoms with E-state index in [-0.39, 0.29) is 24.7 Å². The topological polar surface area (TPSA) is 87.8 Å². The van der Waals surface area contributed by atoms with Gasteiger partial charge in [0.25, 0.3) is 0 Å². The van der Waals surface area contributed by atoms with Crippen LogP contribution in [0.2, 0.25) is 0 Å². The van der Waals surface area contributed by atoms with Gasteiger partial charge in [0, 0.05) is 18.7 Å². The van der Waals surface area contributed by atoms with E-state index in [1.54, 1.807) is 0 Å². The number of nitrogens with one attached hydrogen (secondary N) is 1. The first kappa shape index (κ1) is 27.2. The Hall–Kier alpha value is -2.38. The SMILES string of the molecule is CCCCCC[C@@H](NCCCCCCO)c1nc(-c2ccccc2)c(N2CCC[C@H]2C(=O)OC)o1. The number of anilines is 1. The number of ether oxygens (including phenoxy) is 1. The zero-order chi connectivity index (χ0) is 24.9. The van der Waals surface area contributed by atoms with Gasteiger partial charge in [0.2, 0.25) is 11.8 Å². The number of esters is 1. The molecule has 1 aliphatic heterocycles. The number of nitrogens with zero attached hydrogens (tertiary/aromatic N) is 2. The first-order valence-corrected chi connectivity index (χ1v) is 13.4. The highest BCUT2D eigenvalue weighted by Crippen LogP contribution is 2.38. The highest BCUT2D eigenvalue weighted by molar-refractivity contribution is 5.82. The summed E-state index contributed by atoms with van der Waals surface area (Å²) in [5.41, 5.74) is 1.78. The van der Waals surface area contributed by atoms with Crippen LogP contribution in [0.4, 0.5) is 5.88 Å². The second-order valence-corrected chi connectivity index (χ2v) is 9.44. The van der Waals surface area contributed by atoms with Crippen molar-refractivity contribution < 1.29 is 19.1 Å². The number of rotatable bonds is 16. The molecule has 1 aliphatic rings. The second kappa shape index (κ2) is 14.9. The predicted octanol–water partition coefficient (Wildman–Crippen LogP) is 5.64. The molecule has 0 saturated carbocycles. The number of aromatic nitrogens is 1. The lowest BCUT2D eigenvalue weighted by molar-refractivity contribution is -0.142. The summed E-state index contributed by atoms with van der Waals surface area (Å²) in [5.74, 6) is 1.14. The maximum atomic E-state index is 12.5. The molecule has 0 radical (unpaired) electrons. The van der Waals surface area contributed by atoms with E-state index in [0.717, 1.165) is 75.7 Å². The molecule has 0 amide bonds. The number of hydrogen-bond acceptors (Lipinski definition) is 7. The molecule has 1 aromatic carbocycles. The maximum Gasteiger partial charge on any atom is 0.328 e. The molecule has 0 spiro atoms. The molecule has 7 heteroatoms. The van der Waals surface area contributed by atoms with E-state index in [1.807, 2.05) is 35.2 Å². The van der Waals surface area contributed by atoms with E-state index in [1.165, 1.54) is 26.4 Å². The van der Waals surface area contributed by atoms with Crippen LogP contribution < -0.4 is 10.2 Å². The van der Waals surface area contributed by atoms with Crippen molar-refractivity contribution in [1.29, 1.82) is 0 Å². The smallest absolute Gasteiger partial charge is 0.328 e. The van der Waals surface area contributed by atoms with Crippen LogP contribution in [0.1, 0.15) is 89.5 Å². The molecular weight excluding hydrogens is 442 g/mol. The highest BCUT2D eigenvalue weighted by Gasteiger charge is 2.36. The number of methoxy groups -OCH3 is 1. The van der Waals surface area contributed by atoms with Crippen LogP contribution in [-0.2, 0) is 9.53 Å². The Morgan fingerprint density at radius 1 is 1.17 bits per heavy atom. The molecule has 7 nitrogen and oxygen atoms in total. The van der Waals surface area contributed by atoms with Gasteiger partial charge in [0.1, 0.15) is 11.7 Å². The van der Waals surface area contributed by atoms with Crippen molar-refractivity contribution in [3.8, 4) is 11.3 Å².